The van der Waals surface area contributed by atoms with Crippen LogP contribution >= 0.6 is 0 Å². The fraction of sp³-hybridized carbons (Fsp3) is 0.462. The summed E-state index contributed by atoms with van der Waals surface area (Å²) < 4.78 is 31.6. The molecule has 0 unspecified atom stereocenters. The summed E-state index contributed by atoms with van der Waals surface area (Å²) >= 11 is 0. The van der Waals surface area contributed by atoms with E-state index in [0.717, 1.165) is 17.4 Å². The van der Waals surface area contributed by atoms with Gasteiger partial charge in [0.1, 0.15) is 11.8 Å². The van der Waals surface area contributed by atoms with Crippen LogP contribution in [0.2, 0.25) is 0 Å². The highest BCUT2D eigenvalue weighted by atomic mass is 32.2. The molecule has 2 aromatic rings. The predicted molar refractivity (Wildman–Crippen MR) is 139 cm³/mol. The van der Waals surface area contributed by atoms with Crippen LogP contribution in [-0.4, -0.2) is 57.6 Å². The molecule has 0 heterocycles. The third-order valence-electron chi connectivity index (χ3n) is 5.69. The zero-order valence-electron chi connectivity index (χ0n) is 21.3. The normalized spacial score (nSPS) is 12.0. The van der Waals surface area contributed by atoms with Crippen LogP contribution in [-0.2, 0) is 26.2 Å². The molecule has 2 rings (SSSR count). The van der Waals surface area contributed by atoms with E-state index in [-0.39, 0.29) is 24.8 Å². The quantitative estimate of drug-likeness (QED) is 0.451. The van der Waals surface area contributed by atoms with E-state index in [1.165, 1.54) is 4.31 Å². The molecule has 0 aliphatic heterocycles. The van der Waals surface area contributed by atoms with Gasteiger partial charge in [-0.2, -0.15) is 0 Å². The molecule has 192 valence electrons. The number of ether oxygens (including phenoxy) is 1. The van der Waals surface area contributed by atoms with Gasteiger partial charge in [0.25, 0.3) is 0 Å². The van der Waals surface area contributed by atoms with Gasteiger partial charge in [0.2, 0.25) is 21.8 Å². The van der Waals surface area contributed by atoms with Gasteiger partial charge in [-0.15, -0.1) is 0 Å². The zero-order chi connectivity index (χ0) is 26.0. The van der Waals surface area contributed by atoms with E-state index in [9.17, 15) is 18.0 Å². The molecule has 9 heteroatoms. The summed E-state index contributed by atoms with van der Waals surface area (Å²) in [6, 6.07) is 14.1. The number of amides is 2. The molecular formula is C26H37N3O5S. The van der Waals surface area contributed by atoms with Crippen LogP contribution < -0.4 is 14.4 Å². The molecule has 0 saturated heterocycles. The minimum Gasteiger partial charge on any atom is -0.494 e. The fourth-order valence-electron chi connectivity index (χ4n) is 3.86. The van der Waals surface area contributed by atoms with Crippen molar-refractivity contribution in [1.29, 1.82) is 0 Å². The Kier molecular flexibility index (Phi) is 10.6. The van der Waals surface area contributed by atoms with Crippen molar-refractivity contribution in [3.63, 3.8) is 0 Å². The first-order valence-electron chi connectivity index (χ1n) is 11.9. The Labute approximate surface area is 209 Å². The summed E-state index contributed by atoms with van der Waals surface area (Å²) in [5.74, 6) is 0.243. The largest absolute Gasteiger partial charge is 0.494 e. The summed E-state index contributed by atoms with van der Waals surface area (Å²) in [7, 11) is -1.99. The van der Waals surface area contributed by atoms with E-state index in [1.54, 1.807) is 36.2 Å². The molecule has 1 atom stereocenters. The Balaban J connectivity index is 2.16. The third kappa shape index (κ3) is 8.28. The minimum absolute atomic E-state index is 0.113. The highest BCUT2D eigenvalue weighted by Gasteiger charge is 2.28. The summed E-state index contributed by atoms with van der Waals surface area (Å²) in [5.41, 5.74) is 2.55. The molecule has 1 N–H and O–H groups in total. The van der Waals surface area contributed by atoms with Gasteiger partial charge in [-0.05, 0) is 56.5 Å². The first kappa shape index (κ1) is 28.2. The Morgan fingerprint density at radius 3 is 2.17 bits per heavy atom. The van der Waals surface area contributed by atoms with Gasteiger partial charge < -0.3 is 15.0 Å². The number of carbonyl (C=O) groups excluding carboxylic acids is 2. The molecule has 0 fully saturated rings. The number of hydrogen-bond donors (Lipinski definition) is 1. The molecule has 0 spiro atoms. The van der Waals surface area contributed by atoms with E-state index in [2.05, 4.69) is 5.32 Å². The van der Waals surface area contributed by atoms with Crippen LogP contribution in [0.1, 0.15) is 44.2 Å². The van der Waals surface area contributed by atoms with Gasteiger partial charge in [-0.3, -0.25) is 13.9 Å². The van der Waals surface area contributed by atoms with E-state index in [4.69, 9.17) is 4.74 Å². The predicted octanol–water partition coefficient (Wildman–Crippen LogP) is 3.49. The van der Waals surface area contributed by atoms with Gasteiger partial charge >= 0.3 is 0 Å². The number of aryl methyl sites for hydroxylation is 1. The standard InChI is InChI=1S/C26H37N3O5S/c1-6-24(26(31)27-4)28(19-21-12-10-20(3)11-13-21)25(30)9-8-18-29(35(5,32)33)22-14-16-23(17-15-22)34-7-2/h10-17,24H,6-9,18-19H2,1-5H3,(H,27,31)/t24-/m0/s1. The van der Waals surface area contributed by atoms with Gasteiger partial charge in [0.05, 0.1) is 18.6 Å². The Hall–Kier alpha value is -3.07. The molecule has 0 aromatic heterocycles. The summed E-state index contributed by atoms with van der Waals surface area (Å²) in [4.78, 5) is 27.4. The van der Waals surface area contributed by atoms with Crippen molar-refractivity contribution in [3.05, 3.63) is 59.7 Å². The number of likely N-dealkylation sites (N-methyl/N-ethyl adjacent to an activating group) is 1. The second-order valence-electron chi connectivity index (χ2n) is 8.41. The van der Waals surface area contributed by atoms with Crippen LogP contribution in [0.25, 0.3) is 0 Å². The number of carbonyl (C=O) groups is 2. The van der Waals surface area contributed by atoms with Crippen LogP contribution in [0.3, 0.4) is 0 Å². The number of rotatable bonds is 13. The van der Waals surface area contributed by atoms with Gasteiger partial charge in [0.15, 0.2) is 0 Å². The second-order valence-corrected chi connectivity index (χ2v) is 10.3. The maximum Gasteiger partial charge on any atom is 0.242 e. The average molecular weight is 504 g/mol. The first-order valence-corrected chi connectivity index (χ1v) is 13.7. The highest BCUT2D eigenvalue weighted by molar-refractivity contribution is 7.92. The lowest BCUT2D eigenvalue weighted by atomic mass is 10.1. The summed E-state index contributed by atoms with van der Waals surface area (Å²) in [5, 5.41) is 2.64. The van der Waals surface area contributed by atoms with Crippen LogP contribution in [0.4, 0.5) is 5.69 Å². The molecule has 0 bridgehead atoms. The third-order valence-corrected chi connectivity index (χ3v) is 6.89. The van der Waals surface area contributed by atoms with Crippen LogP contribution in [0, 0.1) is 6.92 Å². The molecule has 2 amide bonds. The lowest BCUT2D eigenvalue weighted by Gasteiger charge is -2.31. The summed E-state index contributed by atoms with van der Waals surface area (Å²) in [6.45, 7) is 6.71. The Morgan fingerprint density at radius 2 is 1.66 bits per heavy atom. The molecule has 2 aromatic carbocycles. The average Bonchev–Trinajstić information content (AvgIpc) is 2.82. The fourth-order valence-corrected chi connectivity index (χ4v) is 4.82. The van der Waals surface area contributed by atoms with E-state index < -0.39 is 16.1 Å². The summed E-state index contributed by atoms with van der Waals surface area (Å²) in [6.07, 6.45) is 2.04. The van der Waals surface area contributed by atoms with E-state index >= 15 is 0 Å². The number of hydrogen-bond acceptors (Lipinski definition) is 5. The highest BCUT2D eigenvalue weighted by Crippen LogP contribution is 2.23. The lowest BCUT2D eigenvalue weighted by Crippen LogP contribution is -2.48. The molecule has 0 saturated carbocycles. The Morgan fingerprint density at radius 1 is 1.03 bits per heavy atom. The molecule has 8 nitrogen and oxygen atoms in total. The maximum absolute atomic E-state index is 13.3. The van der Waals surface area contributed by atoms with Crippen molar-refractivity contribution in [2.45, 2.75) is 52.6 Å². The van der Waals surface area contributed by atoms with Crippen LogP contribution in [0.15, 0.2) is 48.5 Å². The van der Waals surface area contributed by atoms with Crippen LogP contribution in [0.5, 0.6) is 5.75 Å². The maximum atomic E-state index is 13.3. The number of benzene rings is 2. The number of anilines is 1. The van der Waals surface area contributed by atoms with Crippen molar-refractivity contribution >= 4 is 27.5 Å². The van der Waals surface area contributed by atoms with Gasteiger partial charge in [0, 0.05) is 26.6 Å². The molecular weight excluding hydrogens is 466 g/mol. The first-order chi connectivity index (χ1) is 16.6. The van der Waals surface area contributed by atoms with E-state index in [0.29, 0.717) is 37.4 Å². The Bertz CT molecular complexity index is 1070. The number of sulfonamides is 1. The molecule has 35 heavy (non-hydrogen) atoms. The van der Waals surface area contributed by atoms with Crippen molar-refractivity contribution in [1.82, 2.24) is 10.2 Å². The number of nitrogens with zero attached hydrogens (tertiary/aromatic N) is 2. The topological polar surface area (TPSA) is 96.0 Å². The monoisotopic (exact) mass is 503 g/mol. The van der Waals surface area contributed by atoms with Crippen molar-refractivity contribution in [3.8, 4) is 5.75 Å². The molecule has 0 aliphatic rings. The van der Waals surface area contributed by atoms with Crippen molar-refractivity contribution in [2.24, 2.45) is 0 Å². The SMILES string of the molecule is CCOc1ccc(N(CCCC(=O)N(Cc2ccc(C)cc2)[C@@H](CC)C(=O)NC)S(C)(=O)=O)cc1. The van der Waals surface area contributed by atoms with Gasteiger partial charge in [-0.25, -0.2) is 8.42 Å². The van der Waals surface area contributed by atoms with Gasteiger partial charge in [-0.1, -0.05) is 36.8 Å². The van der Waals surface area contributed by atoms with E-state index in [1.807, 2.05) is 45.0 Å². The smallest absolute Gasteiger partial charge is 0.242 e. The molecule has 0 aliphatic carbocycles. The van der Waals surface area contributed by atoms with Crippen molar-refractivity contribution in [2.75, 3.05) is 30.8 Å². The zero-order valence-corrected chi connectivity index (χ0v) is 22.1. The second kappa shape index (κ2) is 13.1. The van der Waals surface area contributed by atoms with Crippen molar-refractivity contribution < 1.29 is 22.7 Å². The lowest BCUT2D eigenvalue weighted by molar-refractivity contribution is -0.141. The minimum atomic E-state index is -3.55. The number of nitrogens with one attached hydrogen (secondary N) is 1. The molecule has 0 radical (unpaired) electrons.